The highest BCUT2D eigenvalue weighted by atomic mass is 19.4. The lowest BCUT2D eigenvalue weighted by atomic mass is 9.87. The zero-order valence-electron chi connectivity index (χ0n) is 24.8. The minimum absolute atomic E-state index is 0.0383. The molecule has 10 heteroatoms. The van der Waals surface area contributed by atoms with Crippen LogP contribution in [0.5, 0.6) is 5.75 Å². The van der Waals surface area contributed by atoms with Crippen molar-refractivity contribution in [2.75, 3.05) is 31.7 Å². The molecular weight excluding hydrogens is 547 g/mol. The number of carbonyl (C=O) groups is 1. The number of phenols is 1. The first-order valence-corrected chi connectivity index (χ1v) is 15.4. The quantitative estimate of drug-likeness (QED) is 0.174. The van der Waals surface area contributed by atoms with E-state index < -0.39 is 17.5 Å². The topological polar surface area (TPSA) is 84.8 Å². The molecule has 2 aromatic rings. The summed E-state index contributed by atoms with van der Waals surface area (Å²) >= 11 is 0. The van der Waals surface area contributed by atoms with Crippen molar-refractivity contribution in [1.82, 2.24) is 10.2 Å². The van der Waals surface area contributed by atoms with Crippen LogP contribution >= 0.6 is 0 Å². The SMILES string of the molecule is CCOC(=O)CCCCC1CCCC[C@@H](CCN(C)c2cc3c(nn2)-c2c(O)cc(C(F)(F)F)cc2COCCC3)C1. The zero-order chi connectivity index (χ0) is 30.1. The first-order valence-electron chi connectivity index (χ1n) is 15.4. The molecule has 1 N–H and O–H groups in total. The van der Waals surface area contributed by atoms with E-state index in [1.807, 2.05) is 20.0 Å². The number of halogens is 3. The summed E-state index contributed by atoms with van der Waals surface area (Å²) < 4.78 is 50.9. The monoisotopic (exact) mass is 591 g/mol. The molecule has 1 fully saturated rings. The van der Waals surface area contributed by atoms with Crippen LogP contribution in [0.25, 0.3) is 11.3 Å². The summed E-state index contributed by atoms with van der Waals surface area (Å²) in [7, 11) is 2.00. The molecular formula is C32H44F3N3O4. The van der Waals surface area contributed by atoms with Crippen LogP contribution < -0.4 is 4.90 Å². The van der Waals surface area contributed by atoms with Gasteiger partial charge in [0.25, 0.3) is 0 Å². The Bertz CT molecular complexity index is 1190. The molecule has 2 heterocycles. The molecule has 1 aromatic carbocycles. The Morgan fingerprint density at radius 3 is 2.57 bits per heavy atom. The van der Waals surface area contributed by atoms with Crippen molar-refractivity contribution >= 4 is 11.8 Å². The number of hydrogen-bond acceptors (Lipinski definition) is 7. The molecule has 4 rings (SSSR count). The summed E-state index contributed by atoms with van der Waals surface area (Å²) in [6.07, 6.45) is 7.56. The van der Waals surface area contributed by atoms with Crippen molar-refractivity contribution in [3.63, 3.8) is 0 Å². The van der Waals surface area contributed by atoms with E-state index in [-0.39, 0.29) is 23.7 Å². The summed E-state index contributed by atoms with van der Waals surface area (Å²) in [6, 6.07) is 3.74. The Labute approximate surface area is 246 Å². The van der Waals surface area contributed by atoms with E-state index in [2.05, 4.69) is 15.1 Å². The molecule has 2 aliphatic rings. The molecule has 0 radical (unpaired) electrons. The van der Waals surface area contributed by atoms with E-state index in [0.717, 1.165) is 49.9 Å². The molecule has 0 spiro atoms. The third-order valence-electron chi connectivity index (χ3n) is 8.57. The largest absolute Gasteiger partial charge is 0.507 e. The van der Waals surface area contributed by atoms with E-state index in [1.54, 1.807) is 0 Å². The number of hydrogen-bond donors (Lipinski definition) is 1. The van der Waals surface area contributed by atoms with Gasteiger partial charge in [-0.2, -0.15) is 13.2 Å². The number of phenolic OH excluding ortho intramolecular Hbond substituents is 1. The lowest BCUT2D eigenvalue weighted by molar-refractivity contribution is -0.143. The molecule has 1 aliphatic carbocycles. The maximum Gasteiger partial charge on any atom is 0.416 e. The van der Waals surface area contributed by atoms with Gasteiger partial charge in [0.15, 0.2) is 5.82 Å². The summed E-state index contributed by atoms with van der Waals surface area (Å²) in [5.74, 6) is 1.47. The average Bonchev–Trinajstić information content (AvgIpc) is 3.13. The van der Waals surface area contributed by atoms with Crippen LogP contribution in [0.1, 0.15) is 94.2 Å². The maximum absolute atomic E-state index is 13.4. The minimum Gasteiger partial charge on any atom is -0.507 e. The highest BCUT2D eigenvalue weighted by Gasteiger charge is 2.33. The lowest BCUT2D eigenvalue weighted by Gasteiger charge is -2.24. The molecule has 42 heavy (non-hydrogen) atoms. The molecule has 2 atom stereocenters. The molecule has 1 aliphatic heterocycles. The van der Waals surface area contributed by atoms with Crippen LogP contribution in [0.2, 0.25) is 0 Å². The van der Waals surface area contributed by atoms with Gasteiger partial charge in [-0.1, -0.05) is 38.5 Å². The molecule has 0 amide bonds. The number of nitrogens with zero attached hydrogens (tertiary/aromatic N) is 3. The Hall–Kier alpha value is -2.88. The minimum atomic E-state index is -4.58. The first-order chi connectivity index (χ1) is 20.2. The van der Waals surface area contributed by atoms with Gasteiger partial charge in [0.1, 0.15) is 11.4 Å². The molecule has 0 bridgehead atoms. The Balaban J connectivity index is 1.40. The smallest absolute Gasteiger partial charge is 0.416 e. The summed E-state index contributed by atoms with van der Waals surface area (Å²) in [5.41, 5.74) is 0.849. The lowest BCUT2D eigenvalue weighted by Crippen LogP contribution is -2.23. The van der Waals surface area contributed by atoms with Crippen LogP contribution in [0, 0.1) is 11.8 Å². The number of aryl methyl sites for hydroxylation is 1. The first kappa shape index (κ1) is 32.0. The number of fused-ring (bicyclic) bond motifs is 3. The van der Waals surface area contributed by atoms with Crippen molar-refractivity contribution in [3.05, 3.63) is 34.9 Å². The second-order valence-corrected chi connectivity index (χ2v) is 11.8. The van der Waals surface area contributed by atoms with E-state index in [9.17, 15) is 23.1 Å². The third kappa shape index (κ3) is 8.82. The predicted octanol–water partition coefficient (Wildman–Crippen LogP) is 7.48. The van der Waals surface area contributed by atoms with Gasteiger partial charge in [0.2, 0.25) is 0 Å². The van der Waals surface area contributed by atoms with Gasteiger partial charge in [-0.05, 0) is 80.2 Å². The summed E-state index contributed by atoms with van der Waals surface area (Å²) in [6.45, 7) is 3.46. The highest BCUT2D eigenvalue weighted by Crippen LogP contribution is 2.41. The highest BCUT2D eigenvalue weighted by molar-refractivity contribution is 5.74. The predicted molar refractivity (Wildman–Crippen MR) is 155 cm³/mol. The maximum atomic E-state index is 13.4. The number of benzene rings is 1. The van der Waals surface area contributed by atoms with Crippen molar-refractivity contribution in [2.24, 2.45) is 11.8 Å². The van der Waals surface area contributed by atoms with Crippen LogP contribution in [-0.2, 0) is 33.5 Å². The number of anilines is 1. The van der Waals surface area contributed by atoms with Gasteiger partial charge >= 0.3 is 12.1 Å². The van der Waals surface area contributed by atoms with E-state index in [1.165, 1.54) is 32.1 Å². The van der Waals surface area contributed by atoms with Crippen molar-refractivity contribution in [1.29, 1.82) is 0 Å². The van der Waals surface area contributed by atoms with Crippen molar-refractivity contribution in [2.45, 2.75) is 96.8 Å². The van der Waals surface area contributed by atoms with Crippen molar-refractivity contribution < 1.29 is 32.5 Å². The Morgan fingerprint density at radius 1 is 1.07 bits per heavy atom. The van der Waals surface area contributed by atoms with Gasteiger partial charge in [0, 0.05) is 32.2 Å². The number of ether oxygens (including phenoxy) is 2. The molecule has 1 aromatic heterocycles. The fourth-order valence-corrected chi connectivity index (χ4v) is 6.31. The summed E-state index contributed by atoms with van der Waals surface area (Å²) in [5, 5.41) is 19.6. The number of carbonyl (C=O) groups excluding carboxylic acids is 1. The molecule has 232 valence electrons. The standard InChI is InChI=1S/C32H44F3N3O4/c1-3-42-29(40)13-7-6-10-22-9-4-5-11-23(17-22)14-15-38(2)28-19-24-12-8-16-41-21-25-18-26(32(33,34)35)20-27(39)30(25)31(24)37-36-28/h18-20,22-23,39H,3-17,21H2,1-2H3/t22?,23-/m0/s1. The van der Waals surface area contributed by atoms with E-state index >= 15 is 0 Å². The Kier molecular flexibility index (Phi) is 11.5. The molecule has 1 saturated carbocycles. The van der Waals surface area contributed by atoms with Gasteiger partial charge in [-0.3, -0.25) is 4.79 Å². The zero-order valence-corrected chi connectivity index (χ0v) is 24.8. The number of aromatic hydroxyl groups is 1. The van der Waals surface area contributed by atoms with Gasteiger partial charge in [-0.25, -0.2) is 0 Å². The molecule has 0 saturated heterocycles. The van der Waals surface area contributed by atoms with E-state index in [0.29, 0.717) is 55.8 Å². The van der Waals surface area contributed by atoms with Gasteiger partial charge in [-0.15, -0.1) is 10.2 Å². The van der Waals surface area contributed by atoms with Gasteiger partial charge in [0.05, 0.1) is 18.8 Å². The van der Waals surface area contributed by atoms with Crippen molar-refractivity contribution in [3.8, 4) is 17.0 Å². The van der Waals surface area contributed by atoms with E-state index in [4.69, 9.17) is 9.47 Å². The fourth-order valence-electron chi connectivity index (χ4n) is 6.31. The number of esters is 1. The average molecular weight is 592 g/mol. The van der Waals surface area contributed by atoms with Crippen LogP contribution in [0.4, 0.5) is 19.0 Å². The summed E-state index contributed by atoms with van der Waals surface area (Å²) in [4.78, 5) is 13.7. The molecule has 7 nitrogen and oxygen atoms in total. The third-order valence-corrected chi connectivity index (χ3v) is 8.57. The number of alkyl halides is 3. The Morgan fingerprint density at radius 2 is 1.83 bits per heavy atom. The van der Waals surface area contributed by atoms with Crippen LogP contribution in [0.15, 0.2) is 18.2 Å². The van der Waals surface area contributed by atoms with Gasteiger partial charge < -0.3 is 19.5 Å². The normalized spacial score (nSPS) is 19.5. The second kappa shape index (κ2) is 15.0. The number of unbranched alkanes of at least 4 members (excludes halogenated alkanes) is 1. The molecule has 1 unspecified atom stereocenters. The van der Waals surface area contributed by atoms with Crippen LogP contribution in [-0.4, -0.2) is 48.1 Å². The van der Waals surface area contributed by atoms with Crippen LogP contribution in [0.3, 0.4) is 0 Å². The second-order valence-electron chi connectivity index (χ2n) is 11.8. The fraction of sp³-hybridized carbons (Fsp3) is 0.656. The number of aromatic nitrogens is 2. The number of rotatable bonds is 10.